The predicted octanol–water partition coefficient (Wildman–Crippen LogP) is 4.48. The van der Waals surface area contributed by atoms with Crippen molar-refractivity contribution in [1.82, 2.24) is 25.3 Å². The van der Waals surface area contributed by atoms with Gasteiger partial charge in [0.15, 0.2) is 16.5 Å². The molecule has 8 nitrogen and oxygen atoms in total. The maximum absolute atomic E-state index is 14.1. The standard InChI is InChI=1S/C24H20FN5O3S/c25-17-6-2-1-5-16(17)23-29-28-22(34-23)15-4-3-9-30(12-15)24(31)19-11-18(26-27-19)14-7-8-20-21(10-14)33-13-32-20/h1-2,5-8,10-11,15H,3-4,9,12-13H2,(H,26,27). The van der Waals surface area contributed by atoms with Gasteiger partial charge in [0.1, 0.15) is 16.5 Å². The van der Waals surface area contributed by atoms with Crippen LogP contribution in [0.3, 0.4) is 0 Å². The molecule has 0 saturated carbocycles. The van der Waals surface area contributed by atoms with E-state index in [2.05, 4.69) is 20.4 Å². The second-order valence-corrected chi connectivity index (χ2v) is 9.26. The maximum Gasteiger partial charge on any atom is 0.271 e. The highest BCUT2D eigenvalue weighted by molar-refractivity contribution is 7.14. The molecule has 0 aliphatic carbocycles. The number of carbonyl (C=O) groups excluding carboxylic acids is 1. The first-order valence-corrected chi connectivity index (χ1v) is 11.8. The van der Waals surface area contributed by atoms with Crippen molar-refractivity contribution in [3.63, 3.8) is 0 Å². The van der Waals surface area contributed by atoms with Gasteiger partial charge in [-0.05, 0) is 49.2 Å². The van der Waals surface area contributed by atoms with E-state index in [4.69, 9.17) is 9.47 Å². The minimum atomic E-state index is -0.317. The van der Waals surface area contributed by atoms with E-state index in [0.29, 0.717) is 46.5 Å². The number of H-pyrrole nitrogens is 1. The number of halogens is 1. The summed E-state index contributed by atoms with van der Waals surface area (Å²) in [5.74, 6) is 1.00. The summed E-state index contributed by atoms with van der Waals surface area (Å²) < 4.78 is 24.9. The molecule has 4 heterocycles. The van der Waals surface area contributed by atoms with Gasteiger partial charge in [-0.3, -0.25) is 9.89 Å². The number of rotatable bonds is 4. The largest absolute Gasteiger partial charge is 0.454 e. The Bertz CT molecular complexity index is 1370. The van der Waals surface area contributed by atoms with Crippen molar-refractivity contribution in [1.29, 1.82) is 0 Å². The lowest BCUT2D eigenvalue weighted by Gasteiger charge is -2.31. The normalized spacial score (nSPS) is 17.2. The first-order valence-electron chi connectivity index (χ1n) is 11.0. The van der Waals surface area contributed by atoms with Gasteiger partial charge in [0.05, 0.1) is 5.69 Å². The van der Waals surface area contributed by atoms with Crippen LogP contribution < -0.4 is 9.47 Å². The molecule has 2 aliphatic heterocycles. The monoisotopic (exact) mass is 477 g/mol. The summed E-state index contributed by atoms with van der Waals surface area (Å²) >= 11 is 1.38. The molecular weight excluding hydrogens is 457 g/mol. The number of ether oxygens (including phenoxy) is 2. The fourth-order valence-electron chi connectivity index (χ4n) is 4.31. The van der Waals surface area contributed by atoms with Gasteiger partial charge in [-0.25, -0.2) is 4.39 Å². The van der Waals surface area contributed by atoms with Gasteiger partial charge in [-0.1, -0.05) is 23.5 Å². The molecule has 1 N–H and O–H groups in total. The molecule has 6 rings (SSSR count). The average Bonchev–Trinajstić information content (AvgIpc) is 3.64. The Labute approximate surface area is 198 Å². The molecule has 2 aromatic carbocycles. The number of aromatic amines is 1. The Morgan fingerprint density at radius 2 is 2.00 bits per heavy atom. The smallest absolute Gasteiger partial charge is 0.271 e. The van der Waals surface area contributed by atoms with Gasteiger partial charge in [-0.2, -0.15) is 5.10 Å². The molecular formula is C24H20FN5O3S. The molecule has 1 atom stereocenters. The van der Waals surface area contributed by atoms with Crippen LogP contribution >= 0.6 is 11.3 Å². The van der Waals surface area contributed by atoms with Crippen LogP contribution in [0.2, 0.25) is 0 Å². The first-order chi connectivity index (χ1) is 16.7. The fraction of sp³-hybridized carbons (Fsp3) is 0.250. The van der Waals surface area contributed by atoms with Crippen molar-refractivity contribution < 1.29 is 18.7 Å². The van der Waals surface area contributed by atoms with Crippen LogP contribution in [0.4, 0.5) is 4.39 Å². The second-order valence-electron chi connectivity index (χ2n) is 8.25. The summed E-state index contributed by atoms with van der Waals surface area (Å²) in [7, 11) is 0. The minimum Gasteiger partial charge on any atom is -0.454 e. The number of piperidine rings is 1. The van der Waals surface area contributed by atoms with Crippen LogP contribution in [0.1, 0.15) is 34.3 Å². The zero-order chi connectivity index (χ0) is 23.1. The summed E-state index contributed by atoms with van der Waals surface area (Å²) in [5.41, 5.74) is 2.38. The summed E-state index contributed by atoms with van der Waals surface area (Å²) in [5, 5.41) is 17.1. The summed E-state index contributed by atoms with van der Waals surface area (Å²) in [6, 6.07) is 13.9. The molecule has 1 saturated heterocycles. The molecule has 172 valence electrons. The molecule has 0 radical (unpaired) electrons. The Hall–Kier alpha value is -3.79. The van der Waals surface area contributed by atoms with Gasteiger partial charge in [0, 0.05) is 30.1 Å². The highest BCUT2D eigenvalue weighted by Gasteiger charge is 2.29. The topological polar surface area (TPSA) is 93.2 Å². The highest BCUT2D eigenvalue weighted by Crippen LogP contribution is 2.36. The van der Waals surface area contributed by atoms with Crippen LogP contribution in [-0.4, -0.2) is 51.1 Å². The minimum absolute atomic E-state index is 0.0620. The molecule has 0 spiro atoms. The number of aromatic nitrogens is 4. The van der Waals surface area contributed by atoms with Gasteiger partial charge >= 0.3 is 0 Å². The SMILES string of the molecule is O=C(c1cc(-c2ccc3c(c2)OCO3)n[nH]1)N1CCCC(c2nnc(-c3ccccc3F)s2)C1. The Balaban J connectivity index is 1.18. The van der Waals surface area contributed by atoms with Crippen LogP contribution in [-0.2, 0) is 0 Å². The maximum atomic E-state index is 14.1. The van der Waals surface area contributed by atoms with Crippen molar-refractivity contribution in [3.05, 3.63) is 65.0 Å². The van der Waals surface area contributed by atoms with E-state index >= 15 is 0 Å². The van der Waals surface area contributed by atoms with E-state index in [9.17, 15) is 9.18 Å². The second kappa shape index (κ2) is 8.53. The summed E-state index contributed by atoms with van der Waals surface area (Å²) in [4.78, 5) is 15.0. The quantitative estimate of drug-likeness (QED) is 0.466. The number of nitrogens with zero attached hydrogens (tertiary/aromatic N) is 4. The third-order valence-corrected chi connectivity index (χ3v) is 7.20. The van der Waals surface area contributed by atoms with E-state index in [1.54, 1.807) is 24.3 Å². The van der Waals surface area contributed by atoms with E-state index in [1.807, 2.05) is 23.1 Å². The molecule has 1 amide bonds. The number of hydrogen-bond acceptors (Lipinski definition) is 7. The lowest BCUT2D eigenvalue weighted by Crippen LogP contribution is -2.39. The molecule has 1 fully saturated rings. The van der Waals surface area contributed by atoms with Crippen LogP contribution in [0, 0.1) is 5.82 Å². The van der Waals surface area contributed by atoms with Crippen molar-refractivity contribution in [2.45, 2.75) is 18.8 Å². The number of likely N-dealkylation sites (tertiary alicyclic amines) is 1. The third kappa shape index (κ3) is 3.79. The number of benzene rings is 2. The summed E-state index contributed by atoms with van der Waals surface area (Å²) in [6.07, 6.45) is 1.76. The third-order valence-electron chi connectivity index (χ3n) is 6.08. The van der Waals surface area contributed by atoms with E-state index in [-0.39, 0.29) is 24.4 Å². The molecule has 2 aromatic heterocycles. The van der Waals surface area contributed by atoms with Crippen LogP contribution in [0.25, 0.3) is 21.8 Å². The lowest BCUT2D eigenvalue weighted by atomic mass is 9.98. The molecule has 4 aromatic rings. The van der Waals surface area contributed by atoms with E-state index in [1.165, 1.54) is 17.4 Å². The zero-order valence-electron chi connectivity index (χ0n) is 18.0. The Kier molecular flexibility index (Phi) is 5.21. The Morgan fingerprint density at radius 3 is 2.91 bits per heavy atom. The molecule has 2 aliphatic rings. The fourth-order valence-corrected chi connectivity index (χ4v) is 5.31. The van der Waals surface area contributed by atoms with Gasteiger partial charge in [-0.15, -0.1) is 10.2 Å². The van der Waals surface area contributed by atoms with Crippen molar-refractivity contribution in [2.24, 2.45) is 0 Å². The number of hydrogen-bond donors (Lipinski definition) is 1. The highest BCUT2D eigenvalue weighted by atomic mass is 32.1. The van der Waals surface area contributed by atoms with Crippen molar-refractivity contribution in [3.8, 4) is 33.3 Å². The Morgan fingerprint density at radius 1 is 1.12 bits per heavy atom. The average molecular weight is 478 g/mol. The van der Waals surface area contributed by atoms with Crippen LogP contribution in [0.15, 0.2) is 48.5 Å². The molecule has 0 bridgehead atoms. The number of fused-ring (bicyclic) bond motifs is 1. The number of nitrogens with one attached hydrogen (secondary N) is 1. The first kappa shape index (κ1) is 20.8. The molecule has 10 heteroatoms. The van der Waals surface area contributed by atoms with Crippen molar-refractivity contribution >= 4 is 17.2 Å². The van der Waals surface area contributed by atoms with Crippen molar-refractivity contribution in [2.75, 3.05) is 19.9 Å². The van der Waals surface area contributed by atoms with Crippen LogP contribution in [0.5, 0.6) is 11.5 Å². The number of amides is 1. The summed E-state index contributed by atoms with van der Waals surface area (Å²) in [6.45, 7) is 1.39. The molecule has 1 unspecified atom stereocenters. The lowest BCUT2D eigenvalue weighted by molar-refractivity contribution is 0.0701. The predicted molar refractivity (Wildman–Crippen MR) is 123 cm³/mol. The van der Waals surface area contributed by atoms with E-state index < -0.39 is 0 Å². The zero-order valence-corrected chi connectivity index (χ0v) is 18.8. The van der Waals surface area contributed by atoms with Gasteiger partial charge in [0.25, 0.3) is 5.91 Å². The van der Waals surface area contributed by atoms with E-state index in [0.717, 1.165) is 23.4 Å². The number of carbonyl (C=O) groups is 1. The molecule has 34 heavy (non-hydrogen) atoms. The van der Waals surface area contributed by atoms with Gasteiger partial charge < -0.3 is 14.4 Å². The van der Waals surface area contributed by atoms with Gasteiger partial charge in [0.2, 0.25) is 6.79 Å².